The Morgan fingerprint density at radius 1 is 0.917 bits per heavy atom. The van der Waals surface area contributed by atoms with E-state index < -0.39 is 15.6 Å². The molecule has 0 unspecified atom stereocenters. The van der Waals surface area contributed by atoms with E-state index in [1.54, 1.807) is 50.4 Å². The third kappa shape index (κ3) is 6.55. The van der Waals surface area contributed by atoms with Crippen LogP contribution in [-0.4, -0.2) is 65.1 Å². The zero-order valence-corrected chi connectivity index (χ0v) is 27.9. The number of hydrogen-bond acceptors (Lipinski definition) is 9. The topological polar surface area (TPSA) is 137 Å². The second kappa shape index (κ2) is 12.5. The predicted molar refractivity (Wildman–Crippen MR) is 191 cm³/mol. The van der Waals surface area contributed by atoms with E-state index in [2.05, 4.69) is 43.3 Å². The van der Waals surface area contributed by atoms with Gasteiger partial charge in [0, 0.05) is 77.4 Å². The van der Waals surface area contributed by atoms with Crippen LogP contribution in [0.15, 0.2) is 96.3 Å². The number of nitrogens with zero attached hydrogens (tertiary/aromatic N) is 5. The number of benzene rings is 3. The standard InChI is InChI=1S/C36H38N8O3S/c1-24-30(11-12-33-32(24)22-40-44(33)23-36(2,3)45)35-31-20-34(39-21-25(31)13-14-38-35)41-26-7-9-27(10-8-26)42-48(46,47)29-6-4-5-28(19-29)43-17-15-37-16-18-43/h4-14,19-22,37,42,45H,15-18,23H2,1-3H3,(H,39,41). The van der Waals surface area contributed by atoms with E-state index in [4.69, 9.17) is 4.98 Å². The molecular weight excluding hydrogens is 625 g/mol. The molecule has 0 spiro atoms. The van der Waals surface area contributed by atoms with Crippen LogP contribution in [0.4, 0.5) is 22.9 Å². The second-order valence-electron chi connectivity index (χ2n) is 12.8. The number of fused-ring (bicyclic) bond motifs is 2. The number of aromatic nitrogens is 4. The summed E-state index contributed by atoms with van der Waals surface area (Å²) in [4.78, 5) is 11.8. The molecule has 4 heterocycles. The van der Waals surface area contributed by atoms with E-state index in [0.717, 1.165) is 76.1 Å². The number of rotatable bonds is 9. The minimum Gasteiger partial charge on any atom is -0.389 e. The number of aliphatic hydroxyl groups is 1. The molecule has 0 saturated carbocycles. The first kappa shape index (κ1) is 31.6. The van der Waals surface area contributed by atoms with Crippen LogP contribution in [0.3, 0.4) is 0 Å². The fourth-order valence-corrected chi connectivity index (χ4v) is 7.24. The first-order chi connectivity index (χ1) is 23.0. The number of piperazine rings is 1. The highest BCUT2D eigenvalue weighted by atomic mass is 32.2. The monoisotopic (exact) mass is 662 g/mol. The van der Waals surface area contributed by atoms with Crippen molar-refractivity contribution in [1.29, 1.82) is 0 Å². The normalized spacial score (nSPS) is 14.0. The third-order valence-corrected chi connectivity index (χ3v) is 9.93. The number of pyridine rings is 2. The molecule has 3 aromatic carbocycles. The fourth-order valence-electron chi connectivity index (χ4n) is 6.14. The summed E-state index contributed by atoms with van der Waals surface area (Å²) in [6.07, 6.45) is 5.44. The molecule has 11 nitrogen and oxygen atoms in total. The van der Waals surface area contributed by atoms with E-state index in [0.29, 0.717) is 18.1 Å². The fraction of sp³-hybridized carbons (Fsp3) is 0.250. The van der Waals surface area contributed by atoms with Gasteiger partial charge in [-0.1, -0.05) is 12.1 Å². The molecule has 246 valence electrons. The Balaban J connectivity index is 1.11. The molecule has 1 saturated heterocycles. The van der Waals surface area contributed by atoms with Gasteiger partial charge in [-0.2, -0.15) is 5.10 Å². The van der Waals surface area contributed by atoms with Gasteiger partial charge in [-0.15, -0.1) is 0 Å². The quantitative estimate of drug-likeness (QED) is 0.154. The summed E-state index contributed by atoms with van der Waals surface area (Å²) < 4.78 is 31.0. The molecule has 1 aliphatic rings. The molecule has 0 amide bonds. The van der Waals surface area contributed by atoms with Crippen LogP contribution in [0.1, 0.15) is 19.4 Å². The van der Waals surface area contributed by atoms with Crippen molar-refractivity contribution in [3.8, 4) is 11.3 Å². The van der Waals surface area contributed by atoms with Gasteiger partial charge >= 0.3 is 0 Å². The van der Waals surface area contributed by atoms with Crippen LogP contribution < -0.4 is 20.3 Å². The Morgan fingerprint density at radius 2 is 1.69 bits per heavy atom. The predicted octanol–water partition coefficient (Wildman–Crippen LogP) is 5.68. The average Bonchev–Trinajstić information content (AvgIpc) is 3.48. The number of hydrogen-bond donors (Lipinski definition) is 4. The van der Waals surface area contributed by atoms with E-state index in [1.165, 1.54) is 0 Å². The number of sulfonamides is 1. The average molecular weight is 663 g/mol. The lowest BCUT2D eigenvalue weighted by Crippen LogP contribution is -2.43. The van der Waals surface area contributed by atoms with Crippen LogP contribution in [0.2, 0.25) is 0 Å². The van der Waals surface area contributed by atoms with Crippen molar-refractivity contribution in [3.05, 3.63) is 97.0 Å². The van der Waals surface area contributed by atoms with Gasteiger partial charge in [-0.3, -0.25) is 14.4 Å². The van der Waals surface area contributed by atoms with Crippen molar-refractivity contribution in [2.45, 2.75) is 37.8 Å². The maximum Gasteiger partial charge on any atom is 0.261 e. The van der Waals surface area contributed by atoms with Gasteiger partial charge in [0.2, 0.25) is 0 Å². The molecule has 0 radical (unpaired) electrons. The smallest absolute Gasteiger partial charge is 0.261 e. The van der Waals surface area contributed by atoms with E-state index >= 15 is 0 Å². The van der Waals surface area contributed by atoms with Gasteiger partial charge in [0.25, 0.3) is 10.0 Å². The zero-order valence-electron chi connectivity index (χ0n) is 27.1. The number of nitrogens with one attached hydrogen (secondary N) is 3. The summed E-state index contributed by atoms with van der Waals surface area (Å²) in [7, 11) is -3.77. The van der Waals surface area contributed by atoms with Crippen molar-refractivity contribution in [2.75, 3.05) is 41.1 Å². The van der Waals surface area contributed by atoms with Crippen molar-refractivity contribution in [1.82, 2.24) is 25.1 Å². The first-order valence-electron chi connectivity index (χ1n) is 15.9. The van der Waals surface area contributed by atoms with Gasteiger partial charge in [0.15, 0.2) is 0 Å². The van der Waals surface area contributed by atoms with Crippen LogP contribution in [0.25, 0.3) is 32.9 Å². The van der Waals surface area contributed by atoms with E-state index in [9.17, 15) is 13.5 Å². The van der Waals surface area contributed by atoms with Crippen LogP contribution in [-0.2, 0) is 16.6 Å². The highest BCUT2D eigenvalue weighted by molar-refractivity contribution is 7.92. The maximum absolute atomic E-state index is 13.3. The third-order valence-electron chi connectivity index (χ3n) is 8.56. The molecule has 12 heteroatoms. The molecule has 3 aromatic heterocycles. The van der Waals surface area contributed by atoms with Gasteiger partial charge in [-0.05, 0) is 87.0 Å². The van der Waals surface area contributed by atoms with Crippen molar-refractivity contribution in [3.63, 3.8) is 0 Å². The van der Waals surface area contributed by atoms with Gasteiger partial charge in [0.05, 0.1) is 34.4 Å². The minimum absolute atomic E-state index is 0.225. The van der Waals surface area contributed by atoms with Crippen molar-refractivity contribution >= 4 is 54.6 Å². The van der Waals surface area contributed by atoms with Crippen molar-refractivity contribution in [2.24, 2.45) is 0 Å². The maximum atomic E-state index is 13.3. The molecule has 0 atom stereocenters. The molecule has 48 heavy (non-hydrogen) atoms. The van der Waals surface area contributed by atoms with E-state index in [1.807, 2.05) is 53.5 Å². The lowest BCUT2D eigenvalue weighted by molar-refractivity contribution is 0.0591. The number of aryl methyl sites for hydroxylation is 1. The second-order valence-corrected chi connectivity index (χ2v) is 14.5. The Hall–Kier alpha value is -5.04. The Morgan fingerprint density at radius 3 is 2.46 bits per heavy atom. The SMILES string of the molecule is Cc1c(-c2nccc3cnc(Nc4ccc(NS(=O)(=O)c5cccc(N6CCNCC6)c5)cc4)cc23)ccc2c1cnn2CC(C)(C)O. The summed E-state index contributed by atoms with van der Waals surface area (Å²) >= 11 is 0. The molecule has 4 N–H and O–H groups in total. The van der Waals surface area contributed by atoms with Crippen LogP contribution >= 0.6 is 0 Å². The van der Waals surface area contributed by atoms with Crippen molar-refractivity contribution < 1.29 is 13.5 Å². The summed E-state index contributed by atoms with van der Waals surface area (Å²) in [6.45, 7) is 9.41. The minimum atomic E-state index is -3.77. The largest absolute Gasteiger partial charge is 0.389 e. The van der Waals surface area contributed by atoms with Gasteiger partial charge in [-0.25, -0.2) is 13.4 Å². The summed E-state index contributed by atoms with van der Waals surface area (Å²) in [5.41, 5.74) is 5.06. The van der Waals surface area contributed by atoms with Gasteiger partial charge in [0.1, 0.15) is 5.82 Å². The Bertz CT molecular complexity index is 2220. The van der Waals surface area contributed by atoms with Gasteiger partial charge < -0.3 is 20.6 Å². The molecule has 0 bridgehead atoms. The summed E-state index contributed by atoms with van der Waals surface area (Å²) in [6, 6.07) is 22.1. The molecule has 6 aromatic rings. The highest BCUT2D eigenvalue weighted by Gasteiger charge is 2.20. The summed E-state index contributed by atoms with van der Waals surface area (Å²) in [5.74, 6) is 0.631. The molecule has 1 fully saturated rings. The van der Waals surface area contributed by atoms with Crippen LogP contribution in [0.5, 0.6) is 0 Å². The summed E-state index contributed by atoms with van der Waals surface area (Å²) in [5, 5.41) is 24.4. The molecule has 0 aliphatic carbocycles. The Labute approximate surface area is 279 Å². The Kier molecular flexibility index (Phi) is 8.24. The molecule has 7 rings (SSSR count). The number of anilines is 4. The first-order valence-corrected chi connectivity index (χ1v) is 17.4. The molecular formula is C36H38N8O3S. The highest BCUT2D eigenvalue weighted by Crippen LogP contribution is 2.34. The lowest BCUT2D eigenvalue weighted by Gasteiger charge is -2.29. The molecule has 1 aliphatic heterocycles. The van der Waals surface area contributed by atoms with E-state index in [-0.39, 0.29) is 4.90 Å². The lowest BCUT2D eigenvalue weighted by atomic mass is 9.98. The zero-order chi connectivity index (χ0) is 33.5. The van der Waals surface area contributed by atoms with Crippen LogP contribution in [0, 0.1) is 6.92 Å².